The number of alkyl halides is 3. The number of hydrogen-bond donors (Lipinski definition) is 2. The first-order valence-electron chi connectivity index (χ1n) is 10.9. The second-order valence-corrected chi connectivity index (χ2v) is 10.8. The number of halogens is 3. The van der Waals surface area contributed by atoms with Gasteiger partial charge in [-0.05, 0) is 70.1 Å². The number of thiazole rings is 1. The van der Waals surface area contributed by atoms with Crippen molar-refractivity contribution in [3.05, 3.63) is 45.4 Å². The third kappa shape index (κ3) is 5.14. The molecule has 0 saturated heterocycles. The van der Waals surface area contributed by atoms with E-state index in [4.69, 9.17) is 0 Å². The molecule has 1 aromatic heterocycles. The van der Waals surface area contributed by atoms with Gasteiger partial charge in [-0.2, -0.15) is 18.4 Å². The highest BCUT2D eigenvalue weighted by atomic mass is 32.2. The second-order valence-electron chi connectivity index (χ2n) is 8.95. The number of aryl methyl sites for hydroxylation is 2. The van der Waals surface area contributed by atoms with Crippen molar-refractivity contribution in [2.45, 2.75) is 63.6 Å². The van der Waals surface area contributed by atoms with E-state index >= 15 is 0 Å². The molecule has 0 aliphatic heterocycles. The molecule has 3 aliphatic rings. The van der Waals surface area contributed by atoms with E-state index < -0.39 is 23.2 Å². The topological polar surface area (TPSA) is 77.8 Å². The minimum atomic E-state index is -4.54. The van der Waals surface area contributed by atoms with Gasteiger partial charge in [-0.15, -0.1) is 11.3 Å². The molecular weight excluding hydrogens is 469 g/mol. The number of nitrogens with one attached hydrogen (secondary N) is 2. The van der Waals surface area contributed by atoms with Gasteiger partial charge in [0, 0.05) is 16.2 Å². The van der Waals surface area contributed by atoms with E-state index in [2.05, 4.69) is 21.1 Å². The molecule has 5 rings (SSSR count). The summed E-state index contributed by atoms with van der Waals surface area (Å²) in [5.41, 5.74) is 1.52. The zero-order valence-electron chi connectivity index (χ0n) is 18.2. The Morgan fingerprint density at radius 1 is 1.24 bits per heavy atom. The lowest BCUT2D eigenvalue weighted by Crippen LogP contribution is -2.56. The molecule has 1 heterocycles. The minimum absolute atomic E-state index is 0.0108. The number of fused-ring (bicyclic) bond motifs is 3. The van der Waals surface area contributed by atoms with E-state index in [1.165, 1.54) is 18.0 Å². The number of aromatic nitrogens is 1. The van der Waals surface area contributed by atoms with E-state index in [0.29, 0.717) is 50.0 Å². The van der Waals surface area contributed by atoms with Gasteiger partial charge in [-0.3, -0.25) is 4.79 Å². The quantitative estimate of drug-likeness (QED) is 0.358. The molecule has 0 atom stereocenters. The summed E-state index contributed by atoms with van der Waals surface area (Å²) in [5, 5.41) is 12.5. The molecule has 5 nitrogen and oxygen atoms in total. The van der Waals surface area contributed by atoms with Crippen molar-refractivity contribution in [2.75, 3.05) is 10.5 Å². The molecule has 1 amide bonds. The normalized spacial score (nSPS) is 24.3. The number of rotatable bonds is 7. The SMILES string of the molecule is Cc1ncsc1CCSNc1ccc(C(F)(F)F)cc1C(=O)NC12CCC(C#N)(CC1)CC2. The van der Waals surface area contributed by atoms with Crippen LogP contribution < -0.4 is 10.0 Å². The first-order chi connectivity index (χ1) is 15.7. The number of amides is 1. The molecule has 3 aliphatic carbocycles. The van der Waals surface area contributed by atoms with Crippen LogP contribution in [0.5, 0.6) is 0 Å². The van der Waals surface area contributed by atoms with Crippen LogP contribution in [-0.2, 0) is 12.6 Å². The van der Waals surface area contributed by atoms with Crippen molar-refractivity contribution < 1.29 is 18.0 Å². The fourth-order valence-electron chi connectivity index (χ4n) is 4.69. The summed E-state index contributed by atoms with van der Waals surface area (Å²) in [5.74, 6) is 0.180. The first-order valence-corrected chi connectivity index (χ1v) is 12.7. The summed E-state index contributed by atoms with van der Waals surface area (Å²) in [6, 6.07) is 5.67. The lowest BCUT2D eigenvalue weighted by Gasteiger charge is -2.50. The molecule has 176 valence electrons. The van der Waals surface area contributed by atoms with Crippen molar-refractivity contribution in [3.63, 3.8) is 0 Å². The molecule has 2 aromatic rings. The van der Waals surface area contributed by atoms with Crippen molar-refractivity contribution in [1.82, 2.24) is 10.3 Å². The largest absolute Gasteiger partial charge is 0.416 e. The molecule has 10 heteroatoms. The number of carbonyl (C=O) groups is 1. The Bertz CT molecular complexity index is 1050. The van der Waals surface area contributed by atoms with Crippen molar-refractivity contribution in [2.24, 2.45) is 5.41 Å². The van der Waals surface area contributed by atoms with Crippen molar-refractivity contribution in [1.29, 1.82) is 5.26 Å². The molecule has 2 N–H and O–H groups in total. The van der Waals surface area contributed by atoms with Crippen LogP contribution in [0.3, 0.4) is 0 Å². The lowest BCUT2D eigenvalue weighted by atomic mass is 9.58. The van der Waals surface area contributed by atoms with E-state index in [9.17, 15) is 23.2 Å². The van der Waals surface area contributed by atoms with Gasteiger partial charge in [0.15, 0.2) is 0 Å². The van der Waals surface area contributed by atoms with Gasteiger partial charge in [0.25, 0.3) is 5.91 Å². The van der Waals surface area contributed by atoms with Gasteiger partial charge in [0.05, 0.1) is 39.5 Å². The minimum Gasteiger partial charge on any atom is -0.347 e. The zero-order valence-corrected chi connectivity index (χ0v) is 19.9. The number of nitrogens with zero attached hydrogens (tertiary/aromatic N) is 2. The van der Waals surface area contributed by atoms with Gasteiger partial charge < -0.3 is 10.0 Å². The third-order valence-electron chi connectivity index (χ3n) is 6.91. The van der Waals surface area contributed by atoms with E-state index in [1.54, 1.807) is 16.8 Å². The number of anilines is 1. The maximum absolute atomic E-state index is 13.4. The molecule has 33 heavy (non-hydrogen) atoms. The van der Waals surface area contributed by atoms with Crippen LogP contribution in [0.15, 0.2) is 23.7 Å². The first kappa shape index (κ1) is 23.9. The van der Waals surface area contributed by atoms with Gasteiger partial charge in [-0.25, -0.2) is 4.98 Å². The molecule has 0 spiro atoms. The average Bonchev–Trinajstić information content (AvgIpc) is 3.21. The number of benzene rings is 1. The summed E-state index contributed by atoms with van der Waals surface area (Å²) in [6.45, 7) is 1.94. The van der Waals surface area contributed by atoms with Crippen LogP contribution in [0.4, 0.5) is 18.9 Å². The molecule has 2 bridgehead atoms. The molecule has 0 unspecified atom stereocenters. The zero-order chi connectivity index (χ0) is 23.7. The van der Waals surface area contributed by atoms with E-state index in [-0.39, 0.29) is 11.0 Å². The lowest BCUT2D eigenvalue weighted by molar-refractivity contribution is -0.137. The van der Waals surface area contributed by atoms with Crippen LogP contribution >= 0.6 is 23.3 Å². The Labute approximate surface area is 199 Å². The molecule has 3 saturated carbocycles. The monoisotopic (exact) mass is 494 g/mol. The Hall–Kier alpha value is -2.25. The highest BCUT2D eigenvalue weighted by Crippen LogP contribution is 2.52. The highest BCUT2D eigenvalue weighted by molar-refractivity contribution is 8.00. The second kappa shape index (κ2) is 9.18. The summed E-state index contributed by atoms with van der Waals surface area (Å²) in [7, 11) is 0. The summed E-state index contributed by atoms with van der Waals surface area (Å²) in [4.78, 5) is 18.6. The predicted molar refractivity (Wildman–Crippen MR) is 124 cm³/mol. The van der Waals surface area contributed by atoms with Crippen LogP contribution in [-0.4, -0.2) is 22.2 Å². The standard InChI is InChI=1S/C23H25F3N4OS2/c1-15-19(32-14-28-15)4-11-33-30-18-3-2-16(23(24,25)26)12-17(18)20(31)29-22-8-5-21(13-27,6-9-22)7-10-22/h2-3,12,14,30H,4-11H2,1H3,(H,29,31). The van der Waals surface area contributed by atoms with Crippen LogP contribution in [0.2, 0.25) is 0 Å². The number of nitriles is 1. The Kier molecular flexibility index (Phi) is 6.65. The summed E-state index contributed by atoms with van der Waals surface area (Å²) >= 11 is 2.92. The maximum Gasteiger partial charge on any atom is 0.416 e. The van der Waals surface area contributed by atoms with Gasteiger partial charge >= 0.3 is 6.18 Å². The van der Waals surface area contributed by atoms with Gasteiger partial charge in [0.2, 0.25) is 0 Å². The predicted octanol–water partition coefficient (Wildman–Crippen LogP) is 6.12. The fraction of sp³-hybridized carbons (Fsp3) is 0.522. The smallest absolute Gasteiger partial charge is 0.347 e. The highest BCUT2D eigenvalue weighted by Gasteiger charge is 2.49. The molecule has 1 aromatic carbocycles. The van der Waals surface area contributed by atoms with Crippen LogP contribution in [0.1, 0.15) is 65.0 Å². The third-order valence-corrected chi connectivity index (χ3v) is 8.68. The molecule has 0 radical (unpaired) electrons. The van der Waals surface area contributed by atoms with Crippen LogP contribution in [0, 0.1) is 23.7 Å². The Morgan fingerprint density at radius 2 is 1.94 bits per heavy atom. The van der Waals surface area contributed by atoms with Gasteiger partial charge in [-0.1, -0.05) is 11.9 Å². The van der Waals surface area contributed by atoms with Crippen molar-refractivity contribution >= 4 is 34.9 Å². The molecular formula is C23H25F3N4OS2. The van der Waals surface area contributed by atoms with E-state index in [0.717, 1.165) is 29.1 Å². The Balaban J connectivity index is 1.48. The molecule has 3 fully saturated rings. The summed E-state index contributed by atoms with van der Waals surface area (Å²) < 4.78 is 43.2. The van der Waals surface area contributed by atoms with Crippen LogP contribution in [0.25, 0.3) is 0 Å². The van der Waals surface area contributed by atoms with Gasteiger partial charge in [0.1, 0.15) is 0 Å². The Morgan fingerprint density at radius 3 is 2.52 bits per heavy atom. The number of hydrogen-bond acceptors (Lipinski definition) is 6. The van der Waals surface area contributed by atoms with Crippen molar-refractivity contribution in [3.8, 4) is 6.07 Å². The maximum atomic E-state index is 13.4. The average molecular weight is 495 g/mol. The summed E-state index contributed by atoms with van der Waals surface area (Å²) in [6.07, 6.45) is 0.411. The number of carbonyl (C=O) groups excluding carboxylic acids is 1. The fourth-order valence-corrected chi connectivity index (χ4v) is 6.34. The van der Waals surface area contributed by atoms with E-state index in [1.807, 2.05) is 6.92 Å².